The van der Waals surface area contributed by atoms with Crippen LogP contribution in [0.25, 0.3) is 0 Å². The molecule has 0 aromatic carbocycles. The van der Waals surface area contributed by atoms with Crippen molar-refractivity contribution in [2.45, 2.75) is 39.0 Å². The molecule has 2 atom stereocenters. The molecule has 1 aliphatic rings. The summed E-state index contributed by atoms with van der Waals surface area (Å²) in [4.78, 5) is 39.8. The van der Waals surface area contributed by atoms with Crippen LogP contribution in [0.1, 0.15) is 25.8 Å². The summed E-state index contributed by atoms with van der Waals surface area (Å²) in [5, 5.41) is 8.02. The maximum absolute atomic E-state index is 12.5. The number of aromatic nitrogens is 1. The molecule has 2 heterocycles. The summed E-state index contributed by atoms with van der Waals surface area (Å²) in [6, 6.07) is 2.14. The molecule has 1 saturated heterocycles. The molecule has 0 bridgehead atoms. The van der Waals surface area contributed by atoms with Crippen LogP contribution >= 0.6 is 12.2 Å². The van der Waals surface area contributed by atoms with Gasteiger partial charge in [0.05, 0.1) is 6.04 Å². The minimum Gasteiger partial charge on any atom is -0.466 e. The Bertz CT molecular complexity index is 681. The molecule has 1 aliphatic heterocycles. The summed E-state index contributed by atoms with van der Waals surface area (Å²) in [6.07, 6.45) is 3.68. The maximum Gasteiger partial charge on any atom is 0.289 e. The first kappa shape index (κ1) is 19.8. The van der Waals surface area contributed by atoms with E-state index in [2.05, 4.69) is 20.9 Å². The van der Waals surface area contributed by atoms with Crippen molar-refractivity contribution in [1.82, 2.24) is 20.9 Å². The minimum atomic E-state index is -0.816. The van der Waals surface area contributed by atoms with Gasteiger partial charge in [0.2, 0.25) is 11.7 Å². The number of pyridine rings is 1. The molecule has 8 nitrogen and oxygen atoms in total. The van der Waals surface area contributed by atoms with Crippen LogP contribution in [0.2, 0.25) is 0 Å². The first-order valence-corrected chi connectivity index (χ1v) is 8.74. The number of nitrogens with zero attached hydrogens (tertiary/aromatic N) is 1. The van der Waals surface area contributed by atoms with Gasteiger partial charge in [-0.1, -0.05) is 19.9 Å². The van der Waals surface area contributed by atoms with Crippen LogP contribution in [-0.2, 0) is 25.7 Å². The number of piperidine rings is 1. The predicted molar refractivity (Wildman–Crippen MR) is 98.0 cm³/mol. The van der Waals surface area contributed by atoms with E-state index in [0.717, 1.165) is 5.56 Å². The molecular weight excluding hydrogens is 356 g/mol. The lowest BCUT2D eigenvalue weighted by Crippen LogP contribution is -2.58. The second kappa shape index (κ2) is 9.23. The normalized spacial score (nSPS) is 18.0. The van der Waals surface area contributed by atoms with E-state index in [1.165, 1.54) is 0 Å². The second-order valence-electron chi connectivity index (χ2n) is 6.27. The number of nitrogens with one attached hydrogen (secondary N) is 3. The van der Waals surface area contributed by atoms with Gasteiger partial charge in [-0.3, -0.25) is 19.4 Å². The van der Waals surface area contributed by atoms with Crippen LogP contribution < -0.4 is 16.0 Å². The van der Waals surface area contributed by atoms with E-state index in [9.17, 15) is 14.4 Å². The summed E-state index contributed by atoms with van der Waals surface area (Å²) in [5.41, 5.74) is 0.848. The number of ketones is 1. The van der Waals surface area contributed by atoms with E-state index in [4.69, 9.17) is 17.0 Å². The summed E-state index contributed by atoms with van der Waals surface area (Å²) in [5.74, 6) is -1.82. The highest BCUT2D eigenvalue weighted by Crippen LogP contribution is 2.07. The number of hydrogen-bond donors (Lipinski definition) is 3. The molecular formula is C17H22N4O4S. The topological polar surface area (TPSA) is 109 Å². The first-order valence-electron chi connectivity index (χ1n) is 8.33. The third kappa shape index (κ3) is 5.48. The SMILES string of the molecule is CC(C)C(NC(=S)OCc1cccnc1)C(=O)NC1CCNC(=O)C1=O. The van der Waals surface area contributed by atoms with Gasteiger partial charge >= 0.3 is 0 Å². The van der Waals surface area contributed by atoms with E-state index < -0.39 is 29.7 Å². The lowest BCUT2D eigenvalue weighted by atomic mass is 10.0. The van der Waals surface area contributed by atoms with Gasteiger partial charge < -0.3 is 20.7 Å². The van der Waals surface area contributed by atoms with Gasteiger partial charge in [-0.15, -0.1) is 0 Å². The molecule has 0 aliphatic carbocycles. The Morgan fingerprint density at radius 1 is 1.46 bits per heavy atom. The van der Waals surface area contributed by atoms with Crippen molar-refractivity contribution < 1.29 is 19.1 Å². The predicted octanol–water partition coefficient (Wildman–Crippen LogP) is 0.0711. The van der Waals surface area contributed by atoms with Gasteiger partial charge in [-0.25, -0.2) is 0 Å². The monoisotopic (exact) mass is 378 g/mol. The van der Waals surface area contributed by atoms with Crippen LogP contribution in [0.5, 0.6) is 0 Å². The molecule has 2 rings (SSSR count). The van der Waals surface area contributed by atoms with E-state index in [0.29, 0.717) is 13.0 Å². The zero-order valence-corrected chi connectivity index (χ0v) is 15.5. The fourth-order valence-corrected chi connectivity index (χ4v) is 2.63. The molecule has 1 fully saturated rings. The summed E-state index contributed by atoms with van der Waals surface area (Å²) in [7, 11) is 0. The summed E-state index contributed by atoms with van der Waals surface area (Å²) < 4.78 is 5.46. The highest BCUT2D eigenvalue weighted by Gasteiger charge is 2.33. The number of carbonyl (C=O) groups excluding carboxylic acids is 3. The second-order valence-corrected chi connectivity index (χ2v) is 6.64. The lowest BCUT2D eigenvalue weighted by molar-refractivity contribution is -0.142. The summed E-state index contributed by atoms with van der Waals surface area (Å²) >= 11 is 5.15. The van der Waals surface area contributed by atoms with Gasteiger partial charge in [0.1, 0.15) is 12.6 Å². The zero-order chi connectivity index (χ0) is 19.1. The number of rotatable bonds is 6. The van der Waals surface area contributed by atoms with Crippen LogP contribution in [-0.4, -0.2) is 46.4 Å². The van der Waals surface area contributed by atoms with Crippen molar-refractivity contribution in [3.63, 3.8) is 0 Å². The Kier molecular flexibility index (Phi) is 7.02. The zero-order valence-electron chi connectivity index (χ0n) is 14.7. The van der Waals surface area contributed by atoms with Gasteiger partial charge in [0.15, 0.2) is 0 Å². The minimum absolute atomic E-state index is 0.0791. The average Bonchev–Trinajstić information content (AvgIpc) is 2.62. The molecule has 3 N–H and O–H groups in total. The number of Topliss-reactive ketones (excluding diaryl/α,β-unsaturated/α-hetero) is 1. The van der Waals surface area contributed by atoms with E-state index in [1.807, 2.05) is 19.9 Å². The Hall–Kier alpha value is -2.55. The van der Waals surface area contributed by atoms with Gasteiger partial charge in [-0.2, -0.15) is 0 Å². The highest BCUT2D eigenvalue weighted by atomic mass is 32.1. The molecule has 9 heteroatoms. The molecule has 1 aromatic heterocycles. The van der Waals surface area contributed by atoms with Gasteiger partial charge in [0, 0.05) is 24.5 Å². The largest absolute Gasteiger partial charge is 0.466 e. The van der Waals surface area contributed by atoms with Crippen molar-refractivity contribution in [3.05, 3.63) is 30.1 Å². The average molecular weight is 378 g/mol. The Morgan fingerprint density at radius 3 is 2.88 bits per heavy atom. The number of ether oxygens (including phenoxy) is 1. The smallest absolute Gasteiger partial charge is 0.289 e. The molecule has 0 spiro atoms. The molecule has 1 aromatic rings. The molecule has 2 unspecified atom stereocenters. The lowest BCUT2D eigenvalue weighted by Gasteiger charge is -2.27. The quantitative estimate of drug-likeness (QED) is 0.475. The van der Waals surface area contributed by atoms with Crippen molar-refractivity contribution in [2.75, 3.05) is 6.54 Å². The fraction of sp³-hybridized carbons (Fsp3) is 0.471. The Morgan fingerprint density at radius 2 is 2.23 bits per heavy atom. The molecule has 0 radical (unpaired) electrons. The highest BCUT2D eigenvalue weighted by molar-refractivity contribution is 7.80. The Balaban J connectivity index is 1.90. The molecule has 2 amide bonds. The number of hydrogen-bond acceptors (Lipinski definition) is 6. The van der Waals surface area contributed by atoms with E-state index in [-0.39, 0.29) is 17.7 Å². The van der Waals surface area contributed by atoms with E-state index >= 15 is 0 Å². The van der Waals surface area contributed by atoms with Crippen LogP contribution in [0.3, 0.4) is 0 Å². The molecule has 140 valence electrons. The van der Waals surface area contributed by atoms with Crippen LogP contribution in [0.15, 0.2) is 24.5 Å². The van der Waals surface area contributed by atoms with Gasteiger partial charge in [0.25, 0.3) is 11.1 Å². The van der Waals surface area contributed by atoms with Crippen LogP contribution in [0.4, 0.5) is 0 Å². The van der Waals surface area contributed by atoms with Gasteiger partial charge in [-0.05, 0) is 30.6 Å². The van der Waals surface area contributed by atoms with Crippen molar-refractivity contribution in [1.29, 1.82) is 0 Å². The number of carbonyl (C=O) groups is 3. The maximum atomic E-state index is 12.5. The third-order valence-electron chi connectivity index (χ3n) is 3.89. The third-order valence-corrected chi connectivity index (χ3v) is 4.13. The van der Waals surface area contributed by atoms with Crippen molar-refractivity contribution in [3.8, 4) is 0 Å². The fourth-order valence-electron chi connectivity index (χ4n) is 2.44. The Labute approximate surface area is 157 Å². The van der Waals surface area contributed by atoms with E-state index in [1.54, 1.807) is 18.5 Å². The molecule has 0 saturated carbocycles. The number of thiocarbonyl (C=S) groups is 1. The van der Waals surface area contributed by atoms with Crippen molar-refractivity contribution >= 4 is 35.0 Å². The molecule has 26 heavy (non-hydrogen) atoms. The van der Waals surface area contributed by atoms with Crippen molar-refractivity contribution in [2.24, 2.45) is 5.92 Å². The van der Waals surface area contributed by atoms with Crippen LogP contribution in [0, 0.1) is 5.92 Å². The first-order chi connectivity index (χ1) is 12.4. The number of amides is 2. The standard InChI is InChI=1S/C17H22N4O4S/c1-10(2)13(15(23)20-12-5-7-19-16(24)14(12)22)21-17(26)25-9-11-4-3-6-18-8-11/h3-4,6,8,10,12-13H,5,7,9H2,1-2H3,(H,19,24)(H,20,23)(H,21,26). The summed E-state index contributed by atoms with van der Waals surface area (Å²) in [6.45, 7) is 4.27.